The average Bonchev–Trinajstić information content (AvgIpc) is 3.06. The van der Waals surface area contributed by atoms with Crippen molar-refractivity contribution in [3.8, 4) is 11.5 Å². The van der Waals surface area contributed by atoms with Crippen LogP contribution in [0.3, 0.4) is 0 Å². The van der Waals surface area contributed by atoms with Gasteiger partial charge in [-0.1, -0.05) is 36.4 Å². The Kier molecular flexibility index (Phi) is 6.07. The predicted octanol–water partition coefficient (Wildman–Crippen LogP) is 3.89. The number of carbonyl (C=O) groups is 2. The number of ether oxygens (including phenoxy) is 3. The fourth-order valence-corrected chi connectivity index (χ4v) is 3.73. The zero-order valence-electron chi connectivity index (χ0n) is 17.7. The number of ketones is 1. The van der Waals surface area contributed by atoms with Gasteiger partial charge in [0.25, 0.3) is 0 Å². The molecular weight excluding hydrogens is 394 g/mol. The highest BCUT2D eigenvalue weighted by Gasteiger charge is 2.18. The van der Waals surface area contributed by atoms with Crippen LogP contribution in [0.2, 0.25) is 0 Å². The van der Waals surface area contributed by atoms with Crippen LogP contribution in [-0.4, -0.2) is 36.1 Å². The van der Waals surface area contributed by atoms with E-state index in [1.165, 1.54) is 0 Å². The zero-order chi connectivity index (χ0) is 21.8. The zero-order valence-corrected chi connectivity index (χ0v) is 17.7. The van der Waals surface area contributed by atoms with E-state index < -0.39 is 5.97 Å². The van der Waals surface area contributed by atoms with Crippen molar-refractivity contribution in [2.75, 3.05) is 19.8 Å². The summed E-state index contributed by atoms with van der Waals surface area (Å²) in [6, 6.07) is 17.3. The van der Waals surface area contributed by atoms with Crippen LogP contribution >= 0.6 is 0 Å². The number of carbonyl (C=O) groups excluding carboxylic acids is 2. The van der Waals surface area contributed by atoms with Crippen molar-refractivity contribution in [3.05, 3.63) is 82.7 Å². The lowest BCUT2D eigenvalue weighted by Crippen LogP contribution is -2.17. The number of benzene rings is 2. The molecule has 1 aliphatic rings. The molecule has 1 aromatic heterocycles. The molecule has 160 valence electrons. The second kappa shape index (κ2) is 9.08. The van der Waals surface area contributed by atoms with E-state index in [-0.39, 0.29) is 18.8 Å². The Balaban J connectivity index is 1.36. The summed E-state index contributed by atoms with van der Waals surface area (Å²) in [6.07, 6.45) is 0.0664. The standard InChI is InChI=1S/C25H25NO5/c1-17-12-21(18(2)26(17)15-19-6-4-3-5-7-19)22(27)16-31-25(28)14-20-8-9-23-24(13-20)30-11-10-29-23/h3-9,12-13H,10-11,14-16H2,1-2H3. The molecule has 0 fully saturated rings. The topological polar surface area (TPSA) is 66.8 Å². The molecule has 1 aliphatic heterocycles. The smallest absolute Gasteiger partial charge is 0.310 e. The lowest BCUT2D eigenvalue weighted by Gasteiger charge is -2.18. The number of hydrogen-bond donors (Lipinski definition) is 0. The van der Waals surface area contributed by atoms with Gasteiger partial charge in [-0.2, -0.15) is 0 Å². The molecule has 0 bridgehead atoms. The van der Waals surface area contributed by atoms with Crippen LogP contribution in [0.1, 0.15) is 32.9 Å². The van der Waals surface area contributed by atoms with E-state index in [0.29, 0.717) is 36.8 Å². The first-order chi connectivity index (χ1) is 15.0. The van der Waals surface area contributed by atoms with Crippen molar-refractivity contribution in [1.82, 2.24) is 4.57 Å². The van der Waals surface area contributed by atoms with Crippen LogP contribution in [0.25, 0.3) is 0 Å². The second-order valence-electron chi connectivity index (χ2n) is 7.60. The van der Waals surface area contributed by atoms with Crippen LogP contribution in [0.4, 0.5) is 0 Å². The van der Waals surface area contributed by atoms with Gasteiger partial charge in [-0.15, -0.1) is 0 Å². The fourth-order valence-electron chi connectivity index (χ4n) is 3.73. The Morgan fingerprint density at radius 3 is 2.45 bits per heavy atom. The number of aryl methyl sites for hydroxylation is 1. The Morgan fingerprint density at radius 2 is 1.68 bits per heavy atom. The van der Waals surface area contributed by atoms with Gasteiger partial charge in [0.15, 0.2) is 18.1 Å². The van der Waals surface area contributed by atoms with Gasteiger partial charge in [0, 0.05) is 23.5 Å². The summed E-state index contributed by atoms with van der Waals surface area (Å²) in [4.78, 5) is 25.0. The summed E-state index contributed by atoms with van der Waals surface area (Å²) in [5.41, 5.74) is 4.36. The number of rotatable bonds is 7. The van der Waals surface area contributed by atoms with Crippen LogP contribution in [0.15, 0.2) is 54.6 Å². The molecule has 0 atom stereocenters. The molecule has 0 saturated carbocycles. The Labute approximate surface area is 181 Å². The first kappa shape index (κ1) is 20.7. The number of aromatic nitrogens is 1. The molecule has 0 unspecified atom stereocenters. The van der Waals surface area contributed by atoms with E-state index >= 15 is 0 Å². The Morgan fingerprint density at radius 1 is 0.935 bits per heavy atom. The second-order valence-corrected chi connectivity index (χ2v) is 7.60. The Bertz CT molecular complexity index is 1100. The van der Waals surface area contributed by atoms with Crippen molar-refractivity contribution in [1.29, 1.82) is 0 Å². The third-order valence-corrected chi connectivity index (χ3v) is 5.38. The summed E-state index contributed by atoms with van der Waals surface area (Å²) >= 11 is 0. The van der Waals surface area contributed by atoms with Gasteiger partial charge in [-0.05, 0) is 43.2 Å². The number of nitrogens with zero attached hydrogens (tertiary/aromatic N) is 1. The highest BCUT2D eigenvalue weighted by atomic mass is 16.6. The van der Waals surface area contributed by atoms with Crippen molar-refractivity contribution in [2.24, 2.45) is 0 Å². The summed E-state index contributed by atoms with van der Waals surface area (Å²) in [6.45, 7) is 5.30. The minimum atomic E-state index is -0.455. The van der Waals surface area contributed by atoms with Gasteiger partial charge in [0.1, 0.15) is 13.2 Å². The molecule has 6 nitrogen and oxygen atoms in total. The number of Topliss-reactive ketones (excluding diaryl/α,β-unsaturated/α-hetero) is 1. The van der Waals surface area contributed by atoms with Gasteiger partial charge in [-0.25, -0.2) is 0 Å². The maximum atomic E-state index is 12.7. The van der Waals surface area contributed by atoms with Crippen LogP contribution < -0.4 is 9.47 Å². The van der Waals surface area contributed by atoms with Gasteiger partial charge in [0.2, 0.25) is 5.78 Å². The predicted molar refractivity (Wildman–Crippen MR) is 116 cm³/mol. The highest BCUT2D eigenvalue weighted by Crippen LogP contribution is 2.31. The van der Waals surface area contributed by atoms with Gasteiger partial charge < -0.3 is 18.8 Å². The number of fused-ring (bicyclic) bond motifs is 1. The van der Waals surface area contributed by atoms with Gasteiger partial charge in [-0.3, -0.25) is 9.59 Å². The largest absolute Gasteiger partial charge is 0.486 e. The van der Waals surface area contributed by atoms with Crippen molar-refractivity contribution < 1.29 is 23.8 Å². The van der Waals surface area contributed by atoms with Gasteiger partial charge in [0.05, 0.1) is 6.42 Å². The maximum absolute atomic E-state index is 12.7. The van der Waals surface area contributed by atoms with E-state index in [1.807, 2.05) is 38.1 Å². The van der Waals surface area contributed by atoms with E-state index in [4.69, 9.17) is 14.2 Å². The first-order valence-corrected chi connectivity index (χ1v) is 10.3. The molecule has 2 aromatic carbocycles. The number of esters is 1. The third kappa shape index (κ3) is 4.79. The molecule has 0 saturated heterocycles. The minimum Gasteiger partial charge on any atom is -0.486 e. The molecule has 0 spiro atoms. The summed E-state index contributed by atoms with van der Waals surface area (Å²) in [7, 11) is 0. The van der Waals surface area contributed by atoms with Crippen molar-refractivity contribution in [2.45, 2.75) is 26.8 Å². The van der Waals surface area contributed by atoms with Crippen molar-refractivity contribution >= 4 is 11.8 Å². The highest BCUT2D eigenvalue weighted by molar-refractivity contribution is 5.99. The number of hydrogen-bond acceptors (Lipinski definition) is 5. The summed E-state index contributed by atoms with van der Waals surface area (Å²) in [5.74, 6) is 0.633. The van der Waals surface area contributed by atoms with Crippen molar-refractivity contribution in [3.63, 3.8) is 0 Å². The fraction of sp³-hybridized carbons (Fsp3) is 0.280. The Hall–Kier alpha value is -3.54. The summed E-state index contributed by atoms with van der Waals surface area (Å²) < 4.78 is 18.4. The third-order valence-electron chi connectivity index (χ3n) is 5.38. The lowest BCUT2D eigenvalue weighted by atomic mass is 10.1. The SMILES string of the molecule is Cc1cc(C(=O)COC(=O)Cc2ccc3c(c2)OCCO3)c(C)n1Cc1ccccc1. The van der Waals surface area contributed by atoms with E-state index in [9.17, 15) is 9.59 Å². The quantitative estimate of drug-likeness (QED) is 0.429. The molecule has 31 heavy (non-hydrogen) atoms. The maximum Gasteiger partial charge on any atom is 0.310 e. The van der Waals surface area contributed by atoms with E-state index in [1.54, 1.807) is 18.2 Å². The van der Waals surface area contributed by atoms with Gasteiger partial charge >= 0.3 is 5.97 Å². The van der Waals surface area contributed by atoms with E-state index in [0.717, 1.165) is 22.5 Å². The summed E-state index contributed by atoms with van der Waals surface area (Å²) in [5, 5.41) is 0. The molecule has 3 aromatic rings. The molecule has 0 aliphatic carbocycles. The molecule has 6 heteroatoms. The minimum absolute atomic E-state index is 0.0664. The molecule has 2 heterocycles. The van der Waals surface area contributed by atoms with Crippen LogP contribution in [-0.2, 0) is 22.5 Å². The molecule has 0 radical (unpaired) electrons. The average molecular weight is 419 g/mol. The molecular formula is C25H25NO5. The first-order valence-electron chi connectivity index (χ1n) is 10.3. The van der Waals surface area contributed by atoms with Crippen LogP contribution in [0.5, 0.6) is 11.5 Å². The van der Waals surface area contributed by atoms with E-state index in [2.05, 4.69) is 16.7 Å². The monoisotopic (exact) mass is 419 g/mol. The molecule has 4 rings (SSSR count). The lowest BCUT2D eigenvalue weighted by molar-refractivity contribution is -0.141. The van der Waals surface area contributed by atoms with Crippen LogP contribution in [0, 0.1) is 13.8 Å². The molecule has 0 amide bonds. The molecule has 0 N–H and O–H groups in total. The normalized spacial score (nSPS) is 12.5.